The first-order valence-corrected chi connectivity index (χ1v) is 12.3. The van der Waals surface area contributed by atoms with Gasteiger partial charge in [0.05, 0.1) is 21.3 Å². The maximum Gasteiger partial charge on any atom is 0.270 e. The average Bonchev–Trinajstić information content (AvgIpc) is 3.41. The molecule has 7 nitrogen and oxygen atoms in total. The number of benzene rings is 1. The third kappa shape index (κ3) is 5.23. The fourth-order valence-electron chi connectivity index (χ4n) is 3.09. The maximum absolute atomic E-state index is 12.4. The van der Waals surface area contributed by atoms with E-state index in [0.717, 1.165) is 38.0 Å². The van der Waals surface area contributed by atoms with Gasteiger partial charge in [0, 0.05) is 41.6 Å². The van der Waals surface area contributed by atoms with E-state index in [1.165, 1.54) is 11.3 Å². The molecule has 0 aliphatic carbocycles. The van der Waals surface area contributed by atoms with Crippen molar-refractivity contribution >= 4 is 56.0 Å². The highest BCUT2D eigenvalue weighted by Crippen LogP contribution is 2.33. The molecule has 3 N–H and O–H groups in total. The number of aromatic nitrogens is 3. The number of pyridine rings is 1. The predicted octanol–water partition coefficient (Wildman–Crippen LogP) is 5.76. The van der Waals surface area contributed by atoms with Gasteiger partial charge in [0.1, 0.15) is 16.5 Å². The molecule has 3 heterocycles. The Morgan fingerprint density at radius 1 is 1.09 bits per heavy atom. The SMILES string of the molecule is CC(C)CNC(=O)c1csc(-c2cnc(Nc3ccc4ncsc4c3)cc2NC(C)C)n1. The third-order valence-corrected chi connectivity index (χ3v) is 6.26. The highest BCUT2D eigenvalue weighted by molar-refractivity contribution is 7.16. The van der Waals surface area contributed by atoms with E-state index in [0.29, 0.717) is 18.2 Å². The summed E-state index contributed by atoms with van der Waals surface area (Å²) in [6.45, 7) is 8.92. The number of thiazole rings is 2. The van der Waals surface area contributed by atoms with Gasteiger partial charge in [0.2, 0.25) is 0 Å². The van der Waals surface area contributed by atoms with Gasteiger partial charge in [-0.25, -0.2) is 15.0 Å². The van der Waals surface area contributed by atoms with Crippen LogP contribution in [0.15, 0.2) is 41.4 Å². The second kappa shape index (κ2) is 9.62. The summed E-state index contributed by atoms with van der Waals surface area (Å²) in [6, 6.07) is 8.27. The molecule has 0 bridgehead atoms. The van der Waals surface area contributed by atoms with Crippen LogP contribution in [0.1, 0.15) is 38.2 Å². The highest BCUT2D eigenvalue weighted by Gasteiger charge is 2.16. The highest BCUT2D eigenvalue weighted by atomic mass is 32.1. The van der Waals surface area contributed by atoms with Crippen molar-refractivity contribution in [3.05, 3.63) is 47.0 Å². The van der Waals surface area contributed by atoms with Gasteiger partial charge in [0.25, 0.3) is 5.91 Å². The molecule has 166 valence electrons. The Balaban J connectivity index is 1.59. The molecule has 0 atom stereocenters. The van der Waals surface area contributed by atoms with Gasteiger partial charge in [-0.1, -0.05) is 13.8 Å². The van der Waals surface area contributed by atoms with Crippen molar-refractivity contribution in [2.45, 2.75) is 33.7 Å². The molecular formula is C23H26N6OS2. The Labute approximate surface area is 195 Å². The summed E-state index contributed by atoms with van der Waals surface area (Å²) >= 11 is 3.05. The zero-order chi connectivity index (χ0) is 22.7. The number of carbonyl (C=O) groups excluding carboxylic acids is 1. The van der Waals surface area contributed by atoms with Crippen LogP contribution in [0.25, 0.3) is 20.8 Å². The zero-order valence-corrected chi connectivity index (χ0v) is 20.1. The van der Waals surface area contributed by atoms with E-state index in [1.807, 2.05) is 23.7 Å². The zero-order valence-electron chi connectivity index (χ0n) is 18.5. The van der Waals surface area contributed by atoms with Gasteiger partial charge in [0.15, 0.2) is 0 Å². The molecule has 4 aromatic rings. The molecule has 0 saturated heterocycles. The second-order valence-corrected chi connectivity index (χ2v) is 9.96. The van der Waals surface area contributed by atoms with Gasteiger partial charge in [-0.3, -0.25) is 4.79 Å². The maximum atomic E-state index is 12.4. The molecular weight excluding hydrogens is 440 g/mol. The van der Waals surface area contributed by atoms with Crippen molar-refractivity contribution in [3.63, 3.8) is 0 Å². The Hall–Kier alpha value is -3.04. The van der Waals surface area contributed by atoms with Crippen molar-refractivity contribution in [2.24, 2.45) is 5.92 Å². The fraction of sp³-hybridized carbons (Fsp3) is 0.304. The smallest absolute Gasteiger partial charge is 0.270 e. The van der Waals surface area contributed by atoms with Crippen LogP contribution in [-0.2, 0) is 0 Å². The normalized spacial score (nSPS) is 11.3. The summed E-state index contributed by atoms with van der Waals surface area (Å²) in [6.07, 6.45) is 1.80. The first-order chi connectivity index (χ1) is 15.4. The van der Waals surface area contributed by atoms with Crippen LogP contribution in [0.3, 0.4) is 0 Å². The minimum absolute atomic E-state index is 0.149. The minimum atomic E-state index is -0.149. The lowest BCUT2D eigenvalue weighted by Gasteiger charge is -2.15. The quantitative estimate of drug-likeness (QED) is 0.306. The largest absolute Gasteiger partial charge is 0.382 e. The van der Waals surface area contributed by atoms with Gasteiger partial charge in [-0.2, -0.15) is 0 Å². The van der Waals surface area contributed by atoms with E-state index in [1.54, 1.807) is 22.9 Å². The minimum Gasteiger partial charge on any atom is -0.382 e. The van der Waals surface area contributed by atoms with Crippen LogP contribution < -0.4 is 16.0 Å². The predicted molar refractivity (Wildman–Crippen MR) is 134 cm³/mol. The van der Waals surface area contributed by atoms with Gasteiger partial charge >= 0.3 is 0 Å². The van der Waals surface area contributed by atoms with Crippen molar-refractivity contribution in [3.8, 4) is 10.6 Å². The molecule has 9 heteroatoms. The van der Waals surface area contributed by atoms with Gasteiger partial charge in [-0.05, 0) is 38.0 Å². The lowest BCUT2D eigenvalue weighted by molar-refractivity contribution is 0.0945. The molecule has 0 unspecified atom stereocenters. The lowest BCUT2D eigenvalue weighted by atomic mass is 10.2. The summed E-state index contributed by atoms with van der Waals surface area (Å²) in [5.41, 5.74) is 6.01. The number of nitrogens with zero attached hydrogens (tertiary/aromatic N) is 3. The molecule has 1 amide bonds. The number of hydrogen-bond acceptors (Lipinski definition) is 8. The topological polar surface area (TPSA) is 91.8 Å². The molecule has 32 heavy (non-hydrogen) atoms. The first kappa shape index (κ1) is 22.2. The summed E-state index contributed by atoms with van der Waals surface area (Å²) in [5, 5.41) is 12.3. The molecule has 0 saturated carbocycles. The van der Waals surface area contributed by atoms with E-state index in [9.17, 15) is 4.79 Å². The number of fused-ring (bicyclic) bond motifs is 1. The number of carbonyl (C=O) groups is 1. The summed E-state index contributed by atoms with van der Waals surface area (Å²) in [4.78, 5) is 25.9. The summed E-state index contributed by atoms with van der Waals surface area (Å²) in [5.74, 6) is 0.969. The summed E-state index contributed by atoms with van der Waals surface area (Å²) < 4.78 is 1.12. The molecule has 3 aromatic heterocycles. The van der Waals surface area contributed by atoms with Crippen LogP contribution in [0.5, 0.6) is 0 Å². The number of nitrogens with one attached hydrogen (secondary N) is 3. The number of amides is 1. The number of anilines is 3. The molecule has 0 radical (unpaired) electrons. The lowest BCUT2D eigenvalue weighted by Crippen LogP contribution is -2.27. The van der Waals surface area contributed by atoms with Crippen LogP contribution in [0, 0.1) is 5.92 Å². The average molecular weight is 467 g/mol. The number of hydrogen-bond donors (Lipinski definition) is 3. The van der Waals surface area contributed by atoms with Crippen molar-refractivity contribution in [2.75, 3.05) is 17.2 Å². The molecule has 0 spiro atoms. The van der Waals surface area contributed by atoms with Gasteiger partial charge in [-0.15, -0.1) is 22.7 Å². The van der Waals surface area contributed by atoms with Crippen molar-refractivity contribution in [1.82, 2.24) is 20.3 Å². The van der Waals surface area contributed by atoms with Crippen molar-refractivity contribution in [1.29, 1.82) is 0 Å². The Morgan fingerprint density at radius 3 is 2.72 bits per heavy atom. The first-order valence-electron chi connectivity index (χ1n) is 10.5. The van der Waals surface area contributed by atoms with Crippen LogP contribution in [0.2, 0.25) is 0 Å². The van der Waals surface area contributed by atoms with Gasteiger partial charge < -0.3 is 16.0 Å². The Morgan fingerprint density at radius 2 is 1.94 bits per heavy atom. The number of rotatable bonds is 8. The molecule has 0 aliphatic rings. The van der Waals surface area contributed by atoms with Crippen molar-refractivity contribution < 1.29 is 4.79 Å². The van der Waals surface area contributed by atoms with E-state index < -0.39 is 0 Å². The summed E-state index contributed by atoms with van der Waals surface area (Å²) in [7, 11) is 0. The van der Waals surface area contributed by atoms with Crippen LogP contribution in [0.4, 0.5) is 17.2 Å². The molecule has 0 aliphatic heterocycles. The Kier molecular flexibility index (Phi) is 6.66. The van der Waals surface area contributed by atoms with E-state index >= 15 is 0 Å². The fourth-order valence-corrected chi connectivity index (χ4v) is 4.63. The monoisotopic (exact) mass is 466 g/mol. The second-order valence-electron chi connectivity index (χ2n) is 8.22. The van der Waals surface area contributed by atoms with E-state index in [-0.39, 0.29) is 11.9 Å². The van der Waals surface area contributed by atoms with Crippen LogP contribution >= 0.6 is 22.7 Å². The molecule has 0 fully saturated rings. The van der Waals surface area contributed by atoms with E-state index in [4.69, 9.17) is 0 Å². The molecule has 1 aromatic carbocycles. The van der Waals surface area contributed by atoms with Crippen LogP contribution in [-0.4, -0.2) is 33.4 Å². The third-order valence-electron chi connectivity index (χ3n) is 4.59. The Bertz CT molecular complexity index is 1230. The molecule has 4 rings (SSSR count). The standard InChI is InChI=1S/C23H26N6OS2/c1-13(2)9-25-22(30)19-11-31-23(29-19)16-10-24-21(8-18(16)27-14(3)4)28-15-5-6-17-20(7-15)32-12-26-17/h5-8,10-14H,9H2,1-4H3,(H,25,30)(H2,24,27,28). The van der Waals surface area contributed by atoms with E-state index in [2.05, 4.69) is 64.7 Å².